The van der Waals surface area contributed by atoms with Crippen molar-refractivity contribution in [2.75, 3.05) is 7.11 Å². The van der Waals surface area contributed by atoms with E-state index >= 15 is 0 Å². The Morgan fingerprint density at radius 3 is 2.56 bits per heavy atom. The van der Waals surface area contributed by atoms with E-state index in [0.717, 1.165) is 5.75 Å². The van der Waals surface area contributed by atoms with Gasteiger partial charge < -0.3 is 4.74 Å². The lowest BCUT2D eigenvalue weighted by atomic mass is 9.94. The normalized spacial score (nSPS) is 15.2. The highest BCUT2D eigenvalue weighted by Gasteiger charge is 2.27. The highest BCUT2D eigenvalue weighted by atomic mass is 16.5. The van der Waals surface area contributed by atoms with Crippen LogP contribution in [0.5, 0.6) is 5.75 Å². The molecule has 1 saturated carbocycles. The van der Waals surface area contributed by atoms with E-state index in [1.807, 2.05) is 0 Å². The van der Waals surface area contributed by atoms with Crippen LogP contribution in [0.4, 0.5) is 0 Å². The predicted octanol–water partition coefficient (Wildman–Crippen LogP) is 4.24. The summed E-state index contributed by atoms with van der Waals surface area (Å²) in [6, 6.07) is 6.39. The first-order valence-electron chi connectivity index (χ1n) is 6.01. The molecule has 1 aliphatic carbocycles. The van der Waals surface area contributed by atoms with Crippen molar-refractivity contribution < 1.29 is 4.74 Å². The van der Waals surface area contributed by atoms with Crippen LogP contribution < -0.4 is 4.74 Å². The van der Waals surface area contributed by atoms with Gasteiger partial charge in [0.25, 0.3) is 0 Å². The summed E-state index contributed by atoms with van der Waals surface area (Å²) in [5, 5.41) is 0. The maximum absolute atomic E-state index is 5.58. The average Bonchev–Trinajstić information content (AvgIpc) is 3.10. The first kappa shape index (κ1) is 11.3. The quantitative estimate of drug-likeness (QED) is 0.731. The van der Waals surface area contributed by atoms with Crippen molar-refractivity contribution in [1.29, 1.82) is 0 Å². The molecule has 86 valence electrons. The fourth-order valence-electron chi connectivity index (χ4n) is 2.14. The van der Waals surface area contributed by atoms with E-state index in [1.54, 1.807) is 7.11 Å². The van der Waals surface area contributed by atoms with Crippen LogP contribution in [0.2, 0.25) is 0 Å². The van der Waals surface area contributed by atoms with Crippen molar-refractivity contribution in [1.82, 2.24) is 0 Å². The first-order chi connectivity index (χ1) is 7.65. The molecule has 1 aromatic carbocycles. The molecule has 0 N–H and O–H groups in total. The number of ether oxygens (including phenoxy) is 1. The summed E-state index contributed by atoms with van der Waals surface area (Å²) in [6.45, 7) is 8.61. The largest absolute Gasteiger partial charge is 0.496 e. The fourth-order valence-corrected chi connectivity index (χ4v) is 2.14. The molecule has 16 heavy (non-hydrogen) atoms. The Balaban J connectivity index is 2.43. The van der Waals surface area contributed by atoms with Crippen molar-refractivity contribution in [3.63, 3.8) is 0 Å². The number of rotatable bonds is 4. The average molecular weight is 216 g/mol. The second-order valence-corrected chi connectivity index (χ2v) is 4.88. The van der Waals surface area contributed by atoms with Crippen molar-refractivity contribution in [3.05, 3.63) is 35.9 Å². The minimum absolute atomic E-state index is 0.488. The number of benzene rings is 1. The third kappa shape index (κ3) is 1.99. The SMILES string of the molecule is C=C(c1cccc(C(C)C)c1OC)C1CC1. The number of hydrogen-bond donors (Lipinski definition) is 0. The van der Waals surface area contributed by atoms with Crippen LogP contribution in [0.3, 0.4) is 0 Å². The molecule has 1 aliphatic rings. The Morgan fingerprint density at radius 1 is 1.38 bits per heavy atom. The zero-order chi connectivity index (χ0) is 11.7. The topological polar surface area (TPSA) is 9.23 Å². The van der Waals surface area contributed by atoms with Crippen LogP contribution >= 0.6 is 0 Å². The lowest BCUT2D eigenvalue weighted by molar-refractivity contribution is 0.406. The van der Waals surface area contributed by atoms with Crippen molar-refractivity contribution >= 4 is 5.57 Å². The van der Waals surface area contributed by atoms with Gasteiger partial charge in [-0.15, -0.1) is 0 Å². The third-order valence-electron chi connectivity index (χ3n) is 3.29. The maximum Gasteiger partial charge on any atom is 0.129 e. The van der Waals surface area contributed by atoms with E-state index in [4.69, 9.17) is 4.74 Å². The standard InChI is InChI=1S/C15H20O/c1-10(2)13-6-5-7-14(15(13)16-4)11(3)12-8-9-12/h5-7,10,12H,3,8-9H2,1-2,4H3. The van der Waals surface area contributed by atoms with E-state index in [9.17, 15) is 0 Å². The van der Waals surface area contributed by atoms with Crippen LogP contribution in [0, 0.1) is 5.92 Å². The van der Waals surface area contributed by atoms with E-state index in [0.29, 0.717) is 11.8 Å². The first-order valence-corrected chi connectivity index (χ1v) is 6.01. The Kier molecular flexibility index (Phi) is 3.04. The molecule has 0 radical (unpaired) electrons. The van der Waals surface area contributed by atoms with Crippen molar-refractivity contribution in [2.45, 2.75) is 32.6 Å². The molecule has 1 nitrogen and oxygen atoms in total. The molecule has 0 heterocycles. The smallest absolute Gasteiger partial charge is 0.129 e. The van der Waals surface area contributed by atoms with Crippen LogP contribution in [0.25, 0.3) is 5.57 Å². The van der Waals surface area contributed by atoms with Gasteiger partial charge in [0.15, 0.2) is 0 Å². The third-order valence-corrected chi connectivity index (χ3v) is 3.29. The van der Waals surface area contributed by atoms with Crippen LogP contribution in [-0.2, 0) is 0 Å². The summed E-state index contributed by atoms with van der Waals surface area (Å²) < 4.78 is 5.58. The molecule has 2 rings (SSSR count). The minimum Gasteiger partial charge on any atom is -0.496 e. The molecule has 1 fully saturated rings. The molecular formula is C15H20O. The molecule has 0 amide bonds. The second kappa shape index (κ2) is 4.32. The molecule has 1 aromatic rings. The maximum atomic E-state index is 5.58. The second-order valence-electron chi connectivity index (χ2n) is 4.88. The fraction of sp³-hybridized carbons (Fsp3) is 0.467. The Morgan fingerprint density at radius 2 is 2.06 bits per heavy atom. The number of para-hydroxylation sites is 1. The summed E-state index contributed by atoms with van der Waals surface area (Å²) in [6.07, 6.45) is 2.57. The van der Waals surface area contributed by atoms with Crippen LogP contribution in [0.15, 0.2) is 24.8 Å². The van der Waals surface area contributed by atoms with Gasteiger partial charge in [0.1, 0.15) is 5.75 Å². The predicted molar refractivity (Wildman–Crippen MR) is 68.8 cm³/mol. The van der Waals surface area contributed by atoms with Crippen molar-refractivity contribution in [2.24, 2.45) is 5.92 Å². The minimum atomic E-state index is 0.488. The number of methoxy groups -OCH3 is 1. The van der Waals surface area contributed by atoms with Gasteiger partial charge >= 0.3 is 0 Å². The summed E-state index contributed by atoms with van der Waals surface area (Å²) in [4.78, 5) is 0. The molecule has 0 bridgehead atoms. The van der Waals surface area contributed by atoms with E-state index < -0.39 is 0 Å². The van der Waals surface area contributed by atoms with Gasteiger partial charge in [-0.1, -0.05) is 38.6 Å². The van der Waals surface area contributed by atoms with Gasteiger partial charge in [0.2, 0.25) is 0 Å². The van der Waals surface area contributed by atoms with Crippen LogP contribution in [-0.4, -0.2) is 7.11 Å². The number of hydrogen-bond acceptors (Lipinski definition) is 1. The van der Waals surface area contributed by atoms with E-state index in [2.05, 4.69) is 38.6 Å². The van der Waals surface area contributed by atoms with Crippen LogP contribution in [0.1, 0.15) is 43.7 Å². The van der Waals surface area contributed by atoms with E-state index in [-0.39, 0.29) is 0 Å². The van der Waals surface area contributed by atoms with Gasteiger partial charge in [-0.3, -0.25) is 0 Å². The zero-order valence-corrected chi connectivity index (χ0v) is 10.4. The lowest BCUT2D eigenvalue weighted by Gasteiger charge is -2.17. The zero-order valence-electron chi connectivity index (χ0n) is 10.4. The molecule has 1 heteroatoms. The van der Waals surface area contributed by atoms with Gasteiger partial charge in [-0.25, -0.2) is 0 Å². The molecule has 0 saturated heterocycles. The van der Waals surface area contributed by atoms with Gasteiger partial charge in [0, 0.05) is 5.56 Å². The monoisotopic (exact) mass is 216 g/mol. The summed E-state index contributed by atoms with van der Waals surface area (Å²) >= 11 is 0. The molecule has 0 spiro atoms. The molecule has 0 aromatic heterocycles. The van der Waals surface area contributed by atoms with Gasteiger partial charge in [-0.2, -0.15) is 0 Å². The lowest BCUT2D eigenvalue weighted by Crippen LogP contribution is -1.99. The van der Waals surface area contributed by atoms with Gasteiger partial charge in [0.05, 0.1) is 7.11 Å². The highest BCUT2D eigenvalue weighted by Crippen LogP contribution is 2.44. The summed E-state index contributed by atoms with van der Waals surface area (Å²) in [5.74, 6) is 2.20. The summed E-state index contributed by atoms with van der Waals surface area (Å²) in [7, 11) is 1.75. The Labute approximate surface area is 98.1 Å². The van der Waals surface area contributed by atoms with Crippen molar-refractivity contribution in [3.8, 4) is 5.75 Å². The molecule has 0 atom stereocenters. The van der Waals surface area contributed by atoms with E-state index in [1.165, 1.54) is 29.5 Å². The number of allylic oxidation sites excluding steroid dienone is 1. The Bertz CT molecular complexity index is 400. The Hall–Kier alpha value is -1.24. The molecule has 0 unspecified atom stereocenters. The highest BCUT2D eigenvalue weighted by molar-refractivity contribution is 5.73. The summed E-state index contributed by atoms with van der Waals surface area (Å²) in [5.41, 5.74) is 3.73. The molecule has 0 aliphatic heterocycles. The molecular weight excluding hydrogens is 196 g/mol. The van der Waals surface area contributed by atoms with Gasteiger partial charge in [-0.05, 0) is 35.8 Å².